The van der Waals surface area contributed by atoms with Gasteiger partial charge < -0.3 is 5.11 Å². The molecular formula is C30H48O2. The number of fused-ring (bicyclic) bond motifs is 2. The van der Waals surface area contributed by atoms with Gasteiger partial charge in [0, 0.05) is 6.42 Å². The number of carbonyl (C=O) groups is 1. The third-order valence-corrected chi connectivity index (χ3v) is 12.8. The lowest BCUT2D eigenvalue weighted by Gasteiger charge is -2.63. The Morgan fingerprint density at radius 3 is 2.25 bits per heavy atom. The Balaban J connectivity index is 1.42. The summed E-state index contributed by atoms with van der Waals surface area (Å²) in [4.78, 5) is 12.6. The molecule has 0 unspecified atom stereocenters. The van der Waals surface area contributed by atoms with Gasteiger partial charge in [0.1, 0.15) is 0 Å². The second-order valence-corrected chi connectivity index (χ2v) is 14.4. The van der Waals surface area contributed by atoms with Crippen molar-refractivity contribution >= 4 is 5.78 Å². The summed E-state index contributed by atoms with van der Waals surface area (Å²) in [7, 11) is 0. The average Bonchev–Trinajstić information content (AvgIpc) is 3.27. The summed E-state index contributed by atoms with van der Waals surface area (Å²) in [6.45, 7) is 16.4. The van der Waals surface area contributed by atoms with Gasteiger partial charge in [0.05, 0.1) is 6.10 Å². The Kier molecular flexibility index (Phi) is 5.03. The lowest BCUT2D eigenvalue weighted by atomic mass is 9.41. The molecule has 0 aromatic rings. The molecule has 180 valence electrons. The van der Waals surface area contributed by atoms with Crippen LogP contribution in [0.25, 0.3) is 0 Å². The maximum atomic E-state index is 12.6. The first kappa shape index (κ1) is 23.1. The zero-order valence-corrected chi connectivity index (χ0v) is 21.9. The Morgan fingerprint density at radius 1 is 0.906 bits per heavy atom. The molecule has 0 radical (unpaired) electrons. The van der Waals surface area contributed by atoms with Crippen LogP contribution in [0.3, 0.4) is 0 Å². The van der Waals surface area contributed by atoms with E-state index >= 15 is 0 Å². The van der Waals surface area contributed by atoms with Crippen molar-refractivity contribution in [2.24, 2.45) is 50.7 Å². The predicted molar refractivity (Wildman–Crippen MR) is 131 cm³/mol. The zero-order valence-electron chi connectivity index (χ0n) is 21.9. The normalized spacial score (nSPS) is 51.5. The largest absolute Gasteiger partial charge is 0.393 e. The summed E-state index contributed by atoms with van der Waals surface area (Å²) < 4.78 is 0. The van der Waals surface area contributed by atoms with Gasteiger partial charge in [-0.3, -0.25) is 4.79 Å². The molecule has 0 aromatic carbocycles. The zero-order chi connectivity index (χ0) is 23.3. The third-order valence-electron chi connectivity index (χ3n) is 12.8. The molecule has 2 nitrogen and oxygen atoms in total. The monoisotopic (exact) mass is 440 g/mol. The molecule has 5 fully saturated rings. The highest BCUT2D eigenvalue weighted by Gasteiger charge is 2.82. The average molecular weight is 441 g/mol. The van der Waals surface area contributed by atoms with Crippen molar-refractivity contribution in [2.45, 2.75) is 119 Å². The van der Waals surface area contributed by atoms with Crippen molar-refractivity contribution in [1.82, 2.24) is 0 Å². The van der Waals surface area contributed by atoms with Gasteiger partial charge in [0.2, 0.25) is 0 Å². The van der Waals surface area contributed by atoms with Crippen molar-refractivity contribution in [3.63, 3.8) is 0 Å². The van der Waals surface area contributed by atoms with Crippen molar-refractivity contribution in [2.75, 3.05) is 0 Å². The van der Waals surface area contributed by atoms with Gasteiger partial charge in [0.15, 0.2) is 5.78 Å². The van der Waals surface area contributed by atoms with Gasteiger partial charge in [-0.2, -0.15) is 0 Å². The van der Waals surface area contributed by atoms with Crippen molar-refractivity contribution in [3.05, 3.63) is 11.6 Å². The van der Waals surface area contributed by atoms with E-state index < -0.39 is 0 Å². The SMILES string of the molecule is CC(C)=CC(=O)C[C@@H](C)[C@H]1CC[C@@]2(C)[C@H]3CC[C@H]4C(C)(C)[C@@H](O)CC[C@@]45C[C@@]35CC[C@]12C. The van der Waals surface area contributed by atoms with Crippen LogP contribution in [0.15, 0.2) is 11.6 Å². The van der Waals surface area contributed by atoms with E-state index in [1.165, 1.54) is 51.4 Å². The molecule has 1 N–H and O–H groups in total. The molecular weight excluding hydrogens is 392 g/mol. The minimum absolute atomic E-state index is 0.0758. The van der Waals surface area contributed by atoms with Crippen LogP contribution >= 0.6 is 0 Å². The number of rotatable bonds is 4. The molecule has 0 amide bonds. The molecule has 0 heterocycles. The van der Waals surface area contributed by atoms with Gasteiger partial charge in [-0.1, -0.05) is 40.2 Å². The summed E-state index contributed by atoms with van der Waals surface area (Å²) >= 11 is 0. The van der Waals surface area contributed by atoms with Crippen molar-refractivity contribution < 1.29 is 9.90 Å². The number of ketones is 1. The van der Waals surface area contributed by atoms with Gasteiger partial charge >= 0.3 is 0 Å². The van der Waals surface area contributed by atoms with Crippen molar-refractivity contribution in [1.29, 1.82) is 0 Å². The van der Waals surface area contributed by atoms with Gasteiger partial charge in [0.25, 0.3) is 0 Å². The van der Waals surface area contributed by atoms with Crippen LogP contribution in [0, 0.1) is 50.7 Å². The first-order valence-electron chi connectivity index (χ1n) is 13.7. The van der Waals surface area contributed by atoms with E-state index in [0.29, 0.717) is 45.2 Å². The Hall–Kier alpha value is -0.630. The fourth-order valence-corrected chi connectivity index (χ4v) is 11.1. The lowest BCUT2D eigenvalue weighted by Crippen LogP contribution is -2.57. The second-order valence-electron chi connectivity index (χ2n) is 14.4. The molecule has 0 aliphatic heterocycles. The minimum Gasteiger partial charge on any atom is -0.393 e. The summed E-state index contributed by atoms with van der Waals surface area (Å²) in [5, 5.41) is 10.8. The van der Waals surface area contributed by atoms with E-state index in [0.717, 1.165) is 24.3 Å². The topological polar surface area (TPSA) is 37.3 Å². The number of allylic oxidation sites excluding steroid dienone is 2. The van der Waals surface area contributed by atoms with Crippen molar-refractivity contribution in [3.8, 4) is 0 Å². The molecule has 0 saturated heterocycles. The highest BCUT2D eigenvalue weighted by Crippen LogP contribution is 2.89. The maximum absolute atomic E-state index is 12.6. The standard InChI is InChI=1S/C30H48O2/c1-19(2)16-21(31)17-20(3)22-10-12-28(7)24-9-8-23-26(4,5)25(32)11-13-29(23)18-30(24,29)15-14-27(22,28)6/h16,20,22-25,32H,8-15,17-18H2,1-7H3/t20-,22-,23+,24-,25+,27-,28+,29-,30+/m1/s1. The van der Waals surface area contributed by atoms with Crippen LogP contribution in [-0.4, -0.2) is 17.0 Å². The highest BCUT2D eigenvalue weighted by atomic mass is 16.3. The van der Waals surface area contributed by atoms with E-state index in [2.05, 4.69) is 34.6 Å². The highest BCUT2D eigenvalue weighted by molar-refractivity contribution is 5.90. The first-order chi connectivity index (χ1) is 14.8. The second kappa shape index (κ2) is 6.96. The summed E-state index contributed by atoms with van der Waals surface area (Å²) in [6, 6.07) is 0. The molecule has 9 atom stereocenters. The molecule has 5 saturated carbocycles. The summed E-state index contributed by atoms with van der Waals surface area (Å²) in [5.74, 6) is 3.04. The predicted octanol–water partition coefficient (Wildman–Crippen LogP) is 7.35. The number of aliphatic hydroxyl groups excluding tert-OH is 1. The molecule has 0 aromatic heterocycles. The van der Waals surface area contributed by atoms with Gasteiger partial charge in [-0.25, -0.2) is 0 Å². The van der Waals surface area contributed by atoms with E-state index in [4.69, 9.17) is 0 Å². The minimum atomic E-state index is -0.119. The van der Waals surface area contributed by atoms with Crippen LogP contribution in [0.4, 0.5) is 0 Å². The quantitative estimate of drug-likeness (QED) is 0.464. The number of carbonyl (C=O) groups excluding carboxylic acids is 1. The molecule has 2 spiro atoms. The van der Waals surface area contributed by atoms with Crippen LogP contribution in [-0.2, 0) is 4.79 Å². The van der Waals surface area contributed by atoms with E-state index in [1.807, 2.05) is 19.9 Å². The van der Waals surface area contributed by atoms with Crippen LogP contribution in [0.1, 0.15) is 113 Å². The molecule has 5 aliphatic rings. The Morgan fingerprint density at radius 2 is 1.56 bits per heavy atom. The van der Waals surface area contributed by atoms with Crippen LogP contribution < -0.4 is 0 Å². The number of hydrogen-bond donors (Lipinski definition) is 1. The van der Waals surface area contributed by atoms with Gasteiger partial charge in [-0.05, 0) is 128 Å². The molecule has 2 heteroatoms. The van der Waals surface area contributed by atoms with Crippen LogP contribution in [0.2, 0.25) is 0 Å². The fourth-order valence-electron chi connectivity index (χ4n) is 11.1. The lowest BCUT2D eigenvalue weighted by molar-refractivity contribution is -0.161. The smallest absolute Gasteiger partial charge is 0.155 e. The molecule has 0 bridgehead atoms. The molecule has 5 aliphatic carbocycles. The Bertz CT molecular complexity index is 836. The third kappa shape index (κ3) is 2.71. The Labute approximate surface area is 197 Å². The van der Waals surface area contributed by atoms with E-state index in [1.54, 1.807) is 0 Å². The van der Waals surface area contributed by atoms with E-state index in [9.17, 15) is 9.90 Å². The molecule has 5 rings (SSSR count). The molecule has 32 heavy (non-hydrogen) atoms. The van der Waals surface area contributed by atoms with Gasteiger partial charge in [-0.15, -0.1) is 0 Å². The van der Waals surface area contributed by atoms with Crippen LogP contribution in [0.5, 0.6) is 0 Å². The summed E-state index contributed by atoms with van der Waals surface area (Å²) in [5.41, 5.74) is 3.06. The fraction of sp³-hybridized carbons (Fsp3) is 0.900. The van der Waals surface area contributed by atoms with E-state index in [-0.39, 0.29) is 11.5 Å². The number of hydrogen-bond acceptors (Lipinski definition) is 2. The first-order valence-corrected chi connectivity index (χ1v) is 13.7. The maximum Gasteiger partial charge on any atom is 0.155 e. The number of aliphatic hydroxyl groups is 1. The summed E-state index contributed by atoms with van der Waals surface area (Å²) in [6.07, 6.45) is 14.3.